The van der Waals surface area contributed by atoms with Crippen LogP contribution in [-0.2, 0) is 13.9 Å². The second-order valence-corrected chi connectivity index (χ2v) is 2.61. The van der Waals surface area contributed by atoms with Crippen molar-refractivity contribution < 1.29 is 19.0 Å². The molecule has 0 radical (unpaired) electrons. The van der Waals surface area contributed by atoms with Crippen molar-refractivity contribution in [1.82, 2.24) is 4.67 Å². The standard InChI is InChI=1S/C3H6NO4P/c1-4(9(7)8)2-3(5)6/h2H2,1H3,(H,5,6). The molecule has 0 aromatic rings. The number of carboxylic acid groups (broad SMARTS) is 1. The number of likely N-dealkylation sites (N-methyl/N-ethyl adjacent to an activating group) is 1. The molecular formula is C3H6NO4P. The Hall–Kier alpha value is -0.670. The van der Waals surface area contributed by atoms with E-state index in [0.717, 1.165) is 4.67 Å². The van der Waals surface area contributed by atoms with Gasteiger partial charge in [-0.2, -0.15) is 4.67 Å². The summed E-state index contributed by atoms with van der Waals surface area (Å²) < 4.78 is 20.6. The molecule has 0 rings (SSSR count). The maximum absolute atomic E-state index is 9.93. The van der Waals surface area contributed by atoms with Gasteiger partial charge in [0, 0.05) is 7.05 Å². The first kappa shape index (κ1) is 8.33. The number of rotatable bonds is 3. The molecular weight excluding hydrogens is 145 g/mol. The maximum Gasteiger partial charge on any atom is 0.399 e. The fraction of sp³-hybridized carbons (Fsp3) is 0.667. The Kier molecular flexibility index (Phi) is 3.12. The lowest BCUT2D eigenvalue weighted by Gasteiger charge is -1.98. The molecule has 0 fully saturated rings. The molecule has 0 aromatic carbocycles. The average molecular weight is 151 g/mol. The summed E-state index contributed by atoms with van der Waals surface area (Å²) in [4.78, 5) is 9.81. The van der Waals surface area contributed by atoms with Crippen LogP contribution in [0.4, 0.5) is 0 Å². The van der Waals surface area contributed by atoms with E-state index in [4.69, 9.17) is 5.11 Å². The molecule has 0 amide bonds. The van der Waals surface area contributed by atoms with Crippen molar-refractivity contribution in [3.05, 3.63) is 0 Å². The minimum absolute atomic E-state index is 0.474. The first-order chi connectivity index (χ1) is 4.04. The third-order valence-electron chi connectivity index (χ3n) is 0.643. The van der Waals surface area contributed by atoms with Crippen LogP contribution in [0.5, 0.6) is 0 Å². The van der Waals surface area contributed by atoms with Gasteiger partial charge in [0.25, 0.3) is 0 Å². The van der Waals surface area contributed by atoms with Crippen LogP contribution in [0, 0.1) is 0 Å². The lowest BCUT2D eigenvalue weighted by atomic mass is 10.7. The molecule has 0 heterocycles. The molecule has 0 atom stereocenters. The second kappa shape index (κ2) is 3.37. The van der Waals surface area contributed by atoms with Gasteiger partial charge in [0.05, 0.1) is 0 Å². The molecule has 0 saturated carbocycles. The summed E-state index contributed by atoms with van der Waals surface area (Å²) in [7, 11) is -1.55. The summed E-state index contributed by atoms with van der Waals surface area (Å²) in [6.07, 6.45) is 0. The van der Waals surface area contributed by atoms with Gasteiger partial charge in [0.1, 0.15) is 6.54 Å². The van der Waals surface area contributed by atoms with Crippen molar-refractivity contribution in [1.29, 1.82) is 0 Å². The molecule has 0 aromatic heterocycles. The first-order valence-electron chi connectivity index (χ1n) is 2.11. The van der Waals surface area contributed by atoms with Crippen molar-refractivity contribution in [2.24, 2.45) is 0 Å². The van der Waals surface area contributed by atoms with Gasteiger partial charge >= 0.3 is 13.8 Å². The number of hydrogen-bond donors (Lipinski definition) is 1. The molecule has 0 bridgehead atoms. The fourth-order valence-electron chi connectivity index (χ4n) is 0.253. The van der Waals surface area contributed by atoms with E-state index in [9.17, 15) is 13.9 Å². The van der Waals surface area contributed by atoms with Gasteiger partial charge < -0.3 is 5.11 Å². The first-order valence-corrected chi connectivity index (χ1v) is 3.24. The summed E-state index contributed by atoms with van der Waals surface area (Å²) in [5, 5.41) is 8.02. The van der Waals surface area contributed by atoms with Gasteiger partial charge in [-0.15, -0.1) is 0 Å². The molecule has 0 unspecified atom stereocenters. The van der Waals surface area contributed by atoms with Crippen LogP contribution in [0.15, 0.2) is 0 Å². The number of aliphatic carboxylic acids is 1. The van der Waals surface area contributed by atoms with Crippen LogP contribution in [0.3, 0.4) is 0 Å². The quantitative estimate of drug-likeness (QED) is 0.578. The van der Waals surface area contributed by atoms with Gasteiger partial charge in [-0.3, -0.25) is 4.79 Å². The Morgan fingerprint density at radius 1 is 1.67 bits per heavy atom. The largest absolute Gasteiger partial charge is 0.480 e. The summed E-state index contributed by atoms with van der Waals surface area (Å²) in [6.45, 7) is -0.474. The molecule has 5 nitrogen and oxygen atoms in total. The molecule has 0 aliphatic heterocycles. The Morgan fingerprint density at radius 3 is 2.22 bits per heavy atom. The monoisotopic (exact) mass is 151 g/mol. The Bertz CT molecular complexity index is 167. The highest BCUT2D eigenvalue weighted by Crippen LogP contribution is 2.07. The smallest absolute Gasteiger partial charge is 0.399 e. The second-order valence-electron chi connectivity index (χ2n) is 1.45. The number of carbonyl (C=O) groups is 1. The van der Waals surface area contributed by atoms with Crippen LogP contribution >= 0.6 is 7.83 Å². The van der Waals surface area contributed by atoms with Crippen molar-refractivity contribution in [2.75, 3.05) is 13.6 Å². The molecule has 6 heteroatoms. The highest BCUT2D eigenvalue weighted by molar-refractivity contribution is 7.27. The van der Waals surface area contributed by atoms with E-state index in [0.29, 0.717) is 0 Å². The average Bonchev–Trinajstić information content (AvgIpc) is 1.63. The zero-order chi connectivity index (χ0) is 7.44. The van der Waals surface area contributed by atoms with Crippen LogP contribution in [0.1, 0.15) is 0 Å². The van der Waals surface area contributed by atoms with E-state index in [1.165, 1.54) is 7.05 Å². The van der Waals surface area contributed by atoms with E-state index in [1.807, 2.05) is 0 Å². The molecule has 0 aliphatic carbocycles. The van der Waals surface area contributed by atoms with Crippen LogP contribution < -0.4 is 0 Å². The lowest BCUT2D eigenvalue weighted by Crippen LogP contribution is -2.17. The summed E-state index contributed by atoms with van der Waals surface area (Å²) in [5.41, 5.74) is 0. The molecule has 0 aliphatic rings. The van der Waals surface area contributed by atoms with Crippen molar-refractivity contribution in [2.45, 2.75) is 0 Å². The van der Waals surface area contributed by atoms with Crippen LogP contribution in [0.25, 0.3) is 0 Å². The predicted octanol–water partition coefficient (Wildman–Crippen LogP) is 0.0907. The fourth-order valence-corrected chi connectivity index (χ4v) is 0.490. The lowest BCUT2D eigenvalue weighted by molar-refractivity contribution is -0.137. The zero-order valence-electron chi connectivity index (χ0n) is 4.77. The van der Waals surface area contributed by atoms with Crippen LogP contribution in [0.2, 0.25) is 0 Å². The number of carboxylic acids is 1. The highest BCUT2D eigenvalue weighted by Gasteiger charge is 2.06. The highest BCUT2D eigenvalue weighted by atomic mass is 31.1. The Balaban J connectivity index is 3.78. The van der Waals surface area contributed by atoms with E-state index < -0.39 is 20.3 Å². The SMILES string of the molecule is CN(CC(=O)O)P(=O)=O. The minimum Gasteiger partial charge on any atom is -0.480 e. The van der Waals surface area contributed by atoms with Crippen LogP contribution in [-0.4, -0.2) is 29.3 Å². The zero-order valence-corrected chi connectivity index (χ0v) is 5.67. The third kappa shape index (κ3) is 3.88. The van der Waals surface area contributed by atoms with Gasteiger partial charge in [-0.25, -0.2) is 9.13 Å². The summed E-state index contributed by atoms with van der Waals surface area (Å²) >= 11 is 0. The third-order valence-corrected chi connectivity index (χ3v) is 1.34. The van der Waals surface area contributed by atoms with Gasteiger partial charge in [-0.05, 0) is 0 Å². The summed E-state index contributed by atoms with van der Waals surface area (Å²) in [6, 6.07) is 0. The maximum atomic E-state index is 9.93. The molecule has 1 N–H and O–H groups in total. The number of hydrogen-bond acceptors (Lipinski definition) is 3. The Morgan fingerprint density at radius 2 is 2.11 bits per heavy atom. The topological polar surface area (TPSA) is 74.7 Å². The van der Waals surface area contributed by atoms with Crippen molar-refractivity contribution in [3.8, 4) is 0 Å². The predicted molar refractivity (Wildman–Crippen MR) is 28.6 cm³/mol. The summed E-state index contributed by atoms with van der Waals surface area (Å²) in [5.74, 6) is -1.16. The van der Waals surface area contributed by atoms with E-state index in [1.54, 1.807) is 0 Å². The van der Waals surface area contributed by atoms with Gasteiger partial charge in [0.2, 0.25) is 0 Å². The van der Waals surface area contributed by atoms with E-state index in [2.05, 4.69) is 0 Å². The number of nitrogens with zero attached hydrogens (tertiary/aromatic N) is 1. The van der Waals surface area contributed by atoms with E-state index in [-0.39, 0.29) is 0 Å². The molecule has 0 saturated heterocycles. The normalized spacial score (nSPS) is 9.56. The molecule has 0 spiro atoms. The van der Waals surface area contributed by atoms with Gasteiger partial charge in [0.15, 0.2) is 0 Å². The Labute approximate surface area is 52.2 Å². The van der Waals surface area contributed by atoms with Crippen molar-refractivity contribution >= 4 is 13.8 Å². The molecule has 9 heavy (non-hydrogen) atoms. The van der Waals surface area contributed by atoms with E-state index >= 15 is 0 Å². The molecule has 52 valence electrons. The van der Waals surface area contributed by atoms with Crippen molar-refractivity contribution in [3.63, 3.8) is 0 Å². The van der Waals surface area contributed by atoms with Gasteiger partial charge in [-0.1, -0.05) is 0 Å². The minimum atomic E-state index is -2.74.